The second kappa shape index (κ2) is 6.17. The second-order valence-electron chi connectivity index (χ2n) is 4.95. The number of rotatable bonds is 4. The number of carbonyl (C=O) groups is 1. The first-order valence-corrected chi connectivity index (χ1v) is 7.69. The van der Waals surface area contributed by atoms with Crippen LogP contribution in [0.25, 0.3) is 0 Å². The number of hydrogen-bond donors (Lipinski definition) is 2. The molecule has 0 aliphatic heterocycles. The molecule has 1 amide bonds. The summed E-state index contributed by atoms with van der Waals surface area (Å²) in [7, 11) is 1.71. The first-order chi connectivity index (χ1) is 11.0. The van der Waals surface area contributed by atoms with Crippen LogP contribution in [0.3, 0.4) is 0 Å². The Hall–Kier alpha value is -2.74. The van der Waals surface area contributed by atoms with Crippen LogP contribution in [-0.2, 0) is 7.05 Å². The van der Waals surface area contributed by atoms with Crippen LogP contribution in [0, 0.1) is 12.7 Å². The van der Waals surface area contributed by atoms with Crippen molar-refractivity contribution in [1.82, 2.24) is 14.8 Å². The molecule has 8 heteroatoms. The average Bonchev–Trinajstić information content (AvgIpc) is 3.05. The normalized spacial score (nSPS) is 10.6. The molecule has 3 aromatic rings. The molecule has 3 rings (SSSR count). The predicted octanol–water partition coefficient (Wildman–Crippen LogP) is 3.32. The molecule has 0 saturated carbocycles. The number of amides is 1. The van der Waals surface area contributed by atoms with Crippen LogP contribution in [0.1, 0.15) is 16.2 Å². The van der Waals surface area contributed by atoms with Gasteiger partial charge in [-0.15, -0.1) is 11.3 Å². The first kappa shape index (κ1) is 15.2. The van der Waals surface area contributed by atoms with Gasteiger partial charge in [0.2, 0.25) is 0 Å². The third kappa shape index (κ3) is 3.54. The summed E-state index contributed by atoms with van der Waals surface area (Å²) in [6.45, 7) is 1.85. The van der Waals surface area contributed by atoms with Crippen LogP contribution in [0.4, 0.5) is 20.9 Å². The zero-order chi connectivity index (χ0) is 16.4. The number of nitrogens with one attached hydrogen (secondary N) is 2. The molecule has 0 saturated heterocycles. The largest absolute Gasteiger partial charge is 0.352 e. The van der Waals surface area contributed by atoms with Gasteiger partial charge in [-0.3, -0.25) is 14.8 Å². The Kier molecular flexibility index (Phi) is 4.07. The molecule has 0 spiro atoms. The van der Waals surface area contributed by atoms with Crippen molar-refractivity contribution in [3.05, 3.63) is 53.0 Å². The van der Waals surface area contributed by atoms with Crippen molar-refractivity contribution in [3.63, 3.8) is 0 Å². The van der Waals surface area contributed by atoms with Crippen molar-refractivity contribution in [3.8, 4) is 0 Å². The van der Waals surface area contributed by atoms with E-state index in [2.05, 4.69) is 20.7 Å². The van der Waals surface area contributed by atoms with Crippen LogP contribution in [-0.4, -0.2) is 20.7 Å². The van der Waals surface area contributed by atoms with Crippen LogP contribution in [0.2, 0.25) is 0 Å². The van der Waals surface area contributed by atoms with Crippen LogP contribution in [0.5, 0.6) is 0 Å². The summed E-state index contributed by atoms with van der Waals surface area (Å²) < 4.78 is 14.8. The molecule has 0 bridgehead atoms. The number of anilines is 3. The summed E-state index contributed by atoms with van der Waals surface area (Å²) in [5.74, 6) is -0.734. The maximum atomic E-state index is 13.3. The minimum atomic E-state index is -0.376. The van der Waals surface area contributed by atoms with E-state index in [1.54, 1.807) is 25.4 Å². The highest BCUT2D eigenvalue weighted by molar-refractivity contribution is 7.13. The van der Waals surface area contributed by atoms with E-state index in [1.165, 1.54) is 28.2 Å². The molecule has 0 atom stereocenters. The van der Waals surface area contributed by atoms with E-state index in [1.807, 2.05) is 12.3 Å². The minimum Gasteiger partial charge on any atom is -0.352 e. The van der Waals surface area contributed by atoms with E-state index in [4.69, 9.17) is 0 Å². The molecule has 1 aromatic carbocycles. The Morgan fingerprint density at radius 3 is 2.91 bits per heavy atom. The van der Waals surface area contributed by atoms with E-state index in [0.29, 0.717) is 16.5 Å². The lowest BCUT2D eigenvalue weighted by Gasteiger charge is -2.06. The van der Waals surface area contributed by atoms with E-state index >= 15 is 0 Å². The maximum Gasteiger partial charge on any atom is 0.280 e. The molecular weight excluding hydrogens is 317 g/mol. The van der Waals surface area contributed by atoms with Crippen LogP contribution < -0.4 is 10.6 Å². The van der Waals surface area contributed by atoms with Crippen LogP contribution >= 0.6 is 11.3 Å². The van der Waals surface area contributed by atoms with Gasteiger partial charge in [-0.2, -0.15) is 5.10 Å². The Labute approximate surface area is 136 Å². The number of aromatic nitrogens is 3. The van der Waals surface area contributed by atoms with E-state index in [-0.39, 0.29) is 17.4 Å². The van der Waals surface area contributed by atoms with Gasteiger partial charge >= 0.3 is 0 Å². The maximum absolute atomic E-state index is 13.3. The summed E-state index contributed by atoms with van der Waals surface area (Å²) in [6, 6.07) is 6.00. The summed E-state index contributed by atoms with van der Waals surface area (Å²) in [4.78, 5) is 16.6. The molecular formula is C15H14FN5OS. The smallest absolute Gasteiger partial charge is 0.280 e. The van der Waals surface area contributed by atoms with Gasteiger partial charge in [0.1, 0.15) is 5.82 Å². The summed E-state index contributed by atoms with van der Waals surface area (Å²) in [6.07, 6.45) is 1.66. The van der Waals surface area contributed by atoms with Crippen molar-refractivity contribution >= 4 is 33.8 Å². The monoisotopic (exact) mass is 331 g/mol. The zero-order valence-electron chi connectivity index (χ0n) is 12.5. The Morgan fingerprint density at radius 1 is 1.39 bits per heavy atom. The van der Waals surface area contributed by atoms with E-state index in [9.17, 15) is 9.18 Å². The number of nitrogens with zero attached hydrogens (tertiary/aromatic N) is 3. The number of benzene rings is 1. The van der Waals surface area contributed by atoms with Gasteiger partial charge in [0.15, 0.2) is 10.8 Å². The highest BCUT2D eigenvalue weighted by atomic mass is 32.1. The van der Waals surface area contributed by atoms with Gasteiger partial charge in [-0.05, 0) is 25.1 Å². The van der Waals surface area contributed by atoms with Crippen LogP contribution in [0.15, 0.2) is 35.8 Å². The fourth-order valence-corrected chi connectivity index (χ4v) is 2.72. The Balaban J connectivity index is 1.83. The van der Waals surface area contributed by atoms with Gasteiger partial charge in [-0.25, -0.2) is 9.37 Å². The number of hydrogen-bond acceptors (Lipinski definition) is 5. The molecule has 0 aliphatic rings. The van der Waals surface area contributed by atoms with Crippen molar-refractivity contribution in [1.29, 1.82) is 0 Å². The summed E-state index contributed by atoms with van der Waals surface area (Å²) in [5, 5.41) is 12.2. The van der Waals surface area contributed by atoms with Gasteiger partial charge in [0.05, 0.1) is 11.4 Å². The van der Waals surface area contributed by atoms with Gasteiger partial charge in [-0.1, -0.05) is 6.07 Å². The minimum absolute atomic E-state index is 0.213. The third-order valence-electron chi connectivity index (χ3n) is 2.99. The fourth-order valence-electron chi connectivity index (χ4n) is 2.04. The lowest BCUT2D eigenvalue weighted by Crippen LogP contribution is -2.14. The molecule has 0 radical (unpaired) electrons. The highest BCUT2D eigenvalue weighted by Crippen LogP contribution is 2.22. The molecule has 0 unspecified atom stereocenters. The number of carbonyl (C=O) groups excluding carboxylic acids is 1. The number of halogens is 1. The molecule has 2 aromatic heterocycles. The highest BCUT2D eigenvalue weighted by Gasteiger charge is 2.17. The Morgan fingerprint density at radius 2 is 2.22 bits per heavy atom. The Bertz CT molecular complexity index is 857. The van der Waals surface area contributed by atoms with Gasteiger partial charge < -0.3 is 5.32 Å². The predicted molar refractivity (Wildman–Crippen MR) is 87.7 cm³/mol. The van der Waals surface area contributed by atoms with Crippen molar-refractivity contribution < 1.29 is 9.18 Å². The first-order valence-electron chi connectivity index (χ1n) is 6.81. The molecule has 0 fully saturated rings. The quantitative estimate of drug-likeness (QED) is 0.769. The fraction of sp³-hybridized carbons (Fsp3) is 0.133. The summed E-state index contributed by atoms with van der Waals surface area (Å²) >= 11 is 1.34. The van der Waals surface area contributed by atoms with E-state index in [0.717, 1.165) is 5.69 Å². The SMILES string of the molecule is Cc1csc(NC(=O)c2nn(C)cc2Nc2cccc(F)c2)n1. The number of aryl methyl sites for hydroxylation is 2. The molecule has 2 N–H and O–H groups in total. The summed E-state index contributed by atoms with van der Waals surface area (Å²) in [5.41, 5.74) is 2.08. The van der Waals surface area contributed by atoms with Crippen molar-refractivity contribution in [2.24, 2.45) is 7.05 Å². The molecule has 6 nitrogen and oxygen atoms in total. The van der Waals surface area contributed by atoms with Crippen molar-refractivity contribution in [2.45, 2.75) is 6.92 Å². The molecule has 0 aliphatic carbocycles. The number of thiazole rings is 1. The zero-order valence-corrected chi connectivity index (χ0v) is 13.3. The topological polar surface area (TPSA) is 71.8 Å². The van der Waals surface area contributed by atoms with E-state index < -0.39 is 0 Å². The molecule has 23 heavy (non-hydrogen) atoms. The standard InChI is InChI=1S/C15H14FN5OS/c1-9-8-23-15(17-9)19-14(22)13-12(7-21(2)20-13)18-11-5-3-4-10(16)6-11/h3-8,18H,1-2H3,(H,17,19,22). The van der Waals surface area contributed by atoms with Gasteiger partial charge in [0.25, 0.3) is 5.91 Å². The molecule has 118 valence electrons. The third-order valence-corrected chi connectivity index (χ3v) is 3.86. The lowest BCUT2D eigenvalue weighted by atomic mass is 10.3. The lowest BCUT2D eigenvalue weighted by molar-refractivity contribution is 0.102. The molecule has 2 heterocycles. The van der Waals surface area contributed by atoms with Crippen molar-refractivity contribution in [2.75, 3.05) is 10.6 Å². The van der Waals surface area contributed by atoms with Gasteiger partial charge in [0, 0.05) is 24.3 Å². The average molecular weight is 331 g/mol. The second-order valence-corrected chi connectivity index (χ2v) is 5.81.